The van der Waals surface area contributed by atoms with Crippen LogP contribution in [-0.2, 0) is 23.1 Å². The van der Waals surface area contributed by atoms with Gasteiger partial charge in [-0.3, -0.25) is 0 Å². The van der Waals surface area contributed by atoms with Gasteiger partial charge in [0.2, 0.25) is 15.9 Å². The first-order valence-electron chi connectivity index (χ1n) is 6.16. The zero-order valence-corrected chi connectivity index (χ0v) is 12.2. The second kappa shape index (κ2) is 6.17. The number of hydrogen-bond acceptors (Lipinski definition) is 5. The number of rotatable bonds is 6. The second-order valence-corrected chi connectivity index (χ2v) is 6.13. The molecular formula is C13H17N3O3S. The number of aromatic nitrogens is 1. The van der Waals surface area contributed by atoms with Gasteiger partial charge in [0.05, 0.1) is 17.6 Å². The number of benzene rings is 1. The lowest BCUT2D eigenvalue weighted by molar-refractivity contribution is 0.463. The molecule has 0 bridgehead atoms. The molecule has 0 radical (unpaired) electrons. The summed E-state index contributed by atoms with van der Waals surface area (Å²) in [5, 5.41) is 2.98. The summed E-state index contributed by atoms with van der Waals surface area (Å²) < 4.78 is 32.0. The van der Waals surface area contributed by atoms with Crippen molar-refractivity contribution >= 4 is 10.0 Å². The zero-order valence-electron chi connectivity index (χ0n) is 11.4. The predicted molar refractivity (Wildman–Crippen MR) is 74.5 cm³/mol. The van der Waals surface area contributed by atoms with Crippen LogP contribution in [0.4, 0.5) is 0 Å². The Bertz CT molecular complexity index is 680. The molecule has 6 nitrogen and oxygen atoms in total. The van der Waals surface area contributed by atoms with Crippen molar-refractivity contribution in [3.63, 3.8) is 0 Å². The van der Waals surface area contributed by atoms with Crippen LogP contribution >= 0.6 is 0 Å². The van der Waals surface area contributed by atoms with E-state index in [-0.39, 0.29) is 11.4 Å². The van der Waals surface area contributed by atoms with Gasteiger partial charge in [0.1, 0.15) is 5.76 Å². The average Bonchev–Trinajstić information content (AvgIpc) is 2.83. The van der Waals surface area contributed by atoms with E-state index in [1.807, 2.05) is 13.1 Å². The maximum atomic E-state index is 12.2. The van der Waals surface area contributed by atoms with E-state index in [9.17, 15) is 8.42 Å². The molecule has 0 aliphatic rings. The van der Waals surface area contributed by atoms with E-state index in [1.54, 1.807) is 31.3 Å². The van der Waals surface area contributed by atoms with Gasteiger partial charge in [-0.05, 0) is 31.7 Å². The first kappa shape index (κ1) is 14.7. The summed E-state index contributed by atoms with van der Waals surface area (Å²) in [6.45, 7) is 2.40. The van der Waals surface area contributed by atoms with E-state index in [0.29, 0.717) is 18.2 Å². The standard InChI is InChI=1S/C13H17N3O3S/c1-10-7-15-13(19-10)9-16-20(17,18)12-5-3-4-11(6-12)8-14-2/h3-7,14,16H,8-9H2,1-2H3. The summed E-state index contributed by atoms with van der Waals surface area (Å²) in [5.74, 6) is 0.993. The van der Waals surface area contributed by atoms with Crippen LogP contribution in [0.15, 0.2) is 39.8 Å². The highest BCUT2D eigenvalue weighted by atomic mass is 32.2. The van der Waals surface area contributed by atoms with Crippen molar-refractivity contribution in [2.75, 3.05) is 7.05 Å². The topological polar surface area (TPSA) is 84.2 Å². The highest BCUT2D eigenvalue weighted by Crippen LogP contribution is 2.12. The molecule has 0 unspecified atom stereocenters. The second-order valence-electron chi connectivity index (χ2n) is 4.37. The van der Waals surface area contributed by atoms with Gasteiger partial charge in [0.25, 0.3) is 0 Å². The van der Waals surface area contributed by atoms with Crippen molar-refractivity contribution < 1.29 is 12.8 Å². The monoisotopic (exact) mass is 295 g/mol. The zero-order chi connectivity index (χ0) is 14.6. The molecule has 1 heterocycles. The van der Waals surface area contributed by atoms with Crippen LogP contribution in [0.3, 0.4) is 0 Å². The van der Waals surface area contributed by atoms with Gasteiger partial charge in [0.15, 0.2) is 0 Å². The number of hydrogen-bond donors (Lipinski definition) is 2. The van der Waals surface area contributed by atoms with Crippen LogP contribution in [0.25, 0.3) is 0 Å². The van der Waals surface area contributed by atoms with Gasteiger partial charge in [-0.15, -0.1) is 0 Å². The molecule has 108 valence electrons. The Hall–Kier alpha value is -1.70. The molecule has 0 amide bonds. The Balaban J connectivity index is 2.11. The fraction of sp³-hybridized carbons (Fsp3) is 0.308. The van der Waals surface area contributed by atoms with Gasteiger partial charge in [0, 0.05) is 6.54 Å². The van der Waals surface area contributed by atoms with Gasteiger partial charge < -0.3 is 9.73 Å². The number of nitrogens with one attached hydrogen (secondary N) is 2. The summed E-state index contributed by atoms with van der Waals surface area (Å²) in [5.41, 5.74) is 0.905. The fourth-order valence-electron chi connectivity index (χ4n) is 1.75. The van der Waals surface area contributed by atoms with Crippen molar-refractivity contribution in [1.82, 2.24) is 15.0 Å². The Kier molecular flexibility index (Phi) is 4.53. The van der Waals surface area contributed by atoms with Crippen LogP contribution in [-0.4, -0.2) is 20.4 Å². The quantitative estimate of drug-likeness (QED) is 0.836. The number of oxazole rings is 1. The van der Waals surface area contributed by atoms with Crippen molar-refractivity contribution in [1.29, 1.82) is 0 Å². The summed E-state index contributed by atoms with van der Waals surface area (Å²) >= 11 is 0. The van der Waals surface area contributed by atoms with Crippen molar-refractivity contribution in [3.05, 3.63) is 47.7 Å². The summed E-state index contributed by atoms with van der Waals surface area (Å²) in [6, 6.07) is 6.78. The third-order valence-corrected chi connectivity index (χ3v) is 4.07. The minimum Gasteiger partial charge on any atom is -0.445 e. The molecule has 0 atom stereocenters. The van der Waals surface area contributed by atoms with Crippen molar-refractivity contribution in [2.45, 2.75) is 24.9 Å². The minimum absolute atomic E-state index is 0.0342. The molecule has 0 aliphatic carbocycles. The highest BCUT2D eigenvalue weighted by molar-refractivity contribution is 7.89. The minimum atomic E-state index is -3.57. The van der Waals surface area contributed by atoms with E-state index in [0.717, 1.165) is 5.56 Å². The van der Waals surface area contributed by atoms with Gasteiger partial charge in [-0.2, -0.15) is 0 Å². The predicted octanol–water partition coefficient (Wildman–Crippen LogP) is 1.18. The summed E-state index contributed by atoms with van der Waals surface area (Å²) in [4.78, 5) is 4.19. The number of aryl methyl sites for hydroxylation is 1. The molecule has 20 heavy (non-hydrogen) atoms. The fourth-order valence-corrected chi connectivity index (χ4v) is 2.79. The van der Waals surface area contributed by atoms with Crippen LogP contribution in [0.2, 0.25) is 0 Å². The molecule has 7 heteroatoms. The molecule has 0 spiro atoms. The molecule has 0 fully saturated rings. The molecule has 1 aromatic heterocycles. The van der Waals surface area contributed by atoms with E-state index < -0.39 is 10.0 Å². The SMILES string of the molecule is CNCc1cccc(S(=O)(=O)NCc2ncc(C)o2)c1. The molecule has 0 saturated carbocycles. The van der Waals surface area contributed by atoms with E-state index in [2.05, 4.69) is 15.0 Å². The van der Waals surface area contributed by atoms with Gasteiger partial charge in [-0.1, -0.05) is 12.1 Å². The summed E-state index contributed by atoms with van der Waals surface area (Å²) in [6.07, 6.45) is 1.55. The smallest absolute Gasteiger partial charge is 0.241 e. The molecule has 2 aromatic rings. The third kappa shape index (κ3) is 3.66. The molecule has 2 rings (SSSR count). The van der Waals surface area contributed by atoms with Gasteiger partial charge >= 0.3 is 0 Å². The van der Waals surface area contributed by atoms with Crippen LogP contribution in [0.1, 0.15) is 17.2 Å². The van der Waals surface area contributed by atoms with Gasteiger partial charge in [-0.25, -0.2) is 18.1 Å². The molecule has 0 aliphatic heterocycles. The van der Waals surface area contributed by atoms with E-state index in [4.69, 9.17) is 4.42 Å². The largest absolute Gasteiger partial charge is 0.445 e. The average molecular weight is 295 g/mol. The van der Waals surface area contributed by atoms with Crippen LogP contribution < -0.4 is 10.0 Å². The lowest BCUT2D eigenvalue weighted by Crippen LogP contribution is -2.23. The maximum Gasteiger partial charge on any atom is 0.241 e. The number of nitrogens with zero attached hydrogens (tertiary/aromatic N) is 1. The Morgan fingerprint density at radius 3 is 2.75 bits per heavy atom. The summed E-state index contributed by atoms with van der Waals surface area (Å²) in [7, 11) is -1.76. The Morgan fingerprint density at radius 2 is 2.10 bits per heavy atom. The van der Waals surface area contributed by atoms with Crippen molar-refractivity contribution in [3.8, 4) is 0 Å². The van der Waals surface area contributed by atoms with E-state index >= 15 is 0 Å². The first-order valence-corrected chi connectivity index (χ1v) is 7.64. The van der Waals surface area contributed by atoms with Crippen LogP contribution in [0.5, 0.6) is 0 Å². The Morgan fingerprint density at radius 1 is 1.30 bits per heavy atom. The van der Waals surface area contributed by atoms with Crippen molar-refractivity contribution in [2.24, 2.45) is 0 Å². The molecular weight excluding hydrogens is 278 g/mol. The molecule has 2 N–H and O–H groups in total. The first-order chi connectivity index (χ1) is 9.51. The van der Waals surface area contributed by atoms with Crippen LogP contribution in [0, 0.1) is 6.92 Å². The Labute approximate surface area is 118 Å². The highest BCUT2D eigenvalue weighted by Gasteiger charge is 2.15. The lowest BCUT2D eigenvalue weighted by atomic mass is 10.2. The third-order valence-electron chi connectivity index (χ3n) is 2.67. The number of sulfonamides is 1. The molecule has 1 aromatic carbocycles. The maximum absolute atomic E-state index is 12.2. The molecule has 0 saturated heterocycles. The lowest BCUT2D eigenvalue weighted by Gasteiger charge is -2.07. The normalized spacial score (nSPS) is 11.7. The van der Waals surface area contributed by atoms with E-state index in [1.165, 1.54) is 0 Å².